The monoisotopic (exact) mass is 401 g/mol. The van der Waals surface area contributed by atoms with E-state index < -0.39 is 11.6 Å². The fourth-order valence-electron chi connectivity index (χ4n) is 3.25. The molecule has 0 saturated carbocycles. The van der Waals surface area contributed by atoms with Crippen LogP contribution >= 0.6 is 0 Å². The van der Waals surface area contributed by atoms with Crippen LogP contribution in [0.1, 0.15) is 36.2 Å². The fraction of sp³-hybridized carbons (Fsp3) is 0.350. The van der Waals surface area contributed by atoms with Crippen LogP contribution in [0.4, 0.5) is 14.6 Å². The maximum atomic E-state index is 14.5. The number of ether oxygens (including phenoxy) is 1. The van der Waals surface area contributed by atoms with Gasteiger partial charge in [0.05, 0.1) is 12.8 Å². The second-order valence-corrected chi connectivity index (χ2v) is 7.17. The van der Waals surface area contributed by atoms with Crippen molar-refractivity contribution in [2.24, 2.45) is 0 Å². The average molecular weight is 401 g/mol. The summed E-state index contributed by atoms with van der Waals surface area (Å²) in [5, 5.41) is 6.97. The molecule has 7 nitrogen and oxygen atoms in total. The van der Waals surface area contributed by atoms with E-state index in [1.165, 1.54) is 16.8 Å². The zero-order chi connectivity index (χ0) is 20.5. The van der Waals surface area contributed by atoms with Crippen molar-refractivity contribution in [3.63, 3.8) is 0 Å². The second-order valence-electron chi connectivity index (χ2n) is 7.17. The Morgan fingerprint density at radius 3 is 2.86 bits per heavy atom. The van der Waals surface area contributed by atoms with E-state index in [2.05, 4.69) is 15.4 Å². The SMILES string of the molecule is CC(C)N1Cc2cc(c(F)cc2F)OCCCNC(=O)c2cnn3ccc1nc23. The van der Waals surface area contributed by atoms with Gasteiger partial charge in [-0.3, -0.25) is 4.79 Å². The lowest BCUT2D eigenvalue weighted by Gasteiger charge is -2.28. The molecule has 1 aliphatic heterocycles. The quantitative estimate of drug-likeness (QED) is 0.679. The van der Waals surface area contributed by atoms with Gasteiger partial charge in [0.25, 0.3) is 5.91 Å². The predicted octanol–water partition coefficient (Wildman–Crippen LogP) is 2.93. The highest BCUT2D eigenvalue weighted by Crippen LogP contribution is 2.26. The van der Waals surface area contributed by atoms with Crippen LogP contribution in [0.15, 0.2) is 30.6 Å². The van der Waals surface area contributed by atoms with Crippen LogP contribution in [0.5, 0.6) is 5.75 Å². The van der Waals surface area contributed by atoms with Crippen LogP contribution in [-0.2, 0) is 6.54 Å². The van der Waals surface area contributed by atoms with Gasteiger partial charge in [0.2, 0.25) is 0 Å². The zero-order valence-electron chi connectivity index (χ0n) is 16.2. The largest absolute Gasteiger partial charge is 0.490 e. The second kappa shape index (κ2) is 7.65. The fourth-order valence-corrected chi connectivity index (χ4v) is 3.25. The molecule has 1 amide bonds. The van der Waals surface area contributed by atoms with Gasteiger partial charge in [-0.1, -0.05) is 0 Å². The number of hydrogen-bond acceptors (Lipinski definition) is 5. The number of benzene rings is 1. The van der Waals surface area contributed by atoms with Crippen molar-refractivity contribution in [3.8, 4) is 5.75 Å². The van der Waals surface area contributed by atoms with Gasteiger partial charge in [0.1, 0.15) is 17.2 Å². The van der Waals surface area contributed by atoms with E-state index in [9.17, 15) is 13.6 Å². The molecule has 4 rings (SSSR count). The summed E-state index contributed by atoms with van der Waals surface area (Å²) >= 11 is 0. The van der Waals surface area contributed by atoms with Gasteiger partial charge >= 0.3 is 0 Å². The number of nitrogens with zero attached hydrogens (tertiary/aromatic N) is 4. The lowest BCUT2D eigenvalue weighted by molar-refractivity contribution is 0.0953. The topological polar surface area (TPSA) is 71.8 Å². The summed E-state index contributed by atoms with van der Waals surface area (Å²) in [7, 11) is 0. The lowest BCUT2D eigenvalue weighted by Crippen LogP contribution is -2.31. The molecule has 152 valence electrons. The molecule has 4 bridgehead atoms. The van der Waals surface area contributed by atoms with Crippen molar-refractivity contribution in [1.82, 2.24) is 19.9 Å². The summed E-state index contributed by atoms with van der Waals surface area (Å²) in [4.78, 5) is 19.0. The van der Waals surface area contributed by atoms with E-state index in [0.717, 1.165) is 6.07 Å². The van der Waals surface area contributed by atoms with Crippen molar-refractivity contribution < 1.29 is 18.3 Å². The summed E-state index contributed by atoms with van der Waals surface area (Å²) in [6.45, 7) is 4.58. The molecule has 0 aliphatic carbocycles. The van der Waals surface area contributed by atoms with Gasteiger partial charge in [-0.25, -0.2) is 18.3 Å². The molecule has 29 heavy (non-hydrogen) atoms. The number of anilines is 1. The molecule has 3 aromatic rings. The Balaban J connectivity index is 1.83. The molecular weight excluding hydrogens is 380 g/mol. The molecular formula is C20H21F2N5O2. The van der Waals surface area contributed by atoms with Crippen LogP contribution in [0.25, 0.3) is 5.65 Å². The Bertz CT molecular complexity index is 1070. The highest BCUT2D eigenvalue weighted by atomic mass is 19.1. The van der Waals surface area contributed by atoms with Gasteiger partial charge in [-0.2, -0.15) is 5.10 Å². The van der Waals surface area contributed by atoms with E-state index in [1.807, 2.05) is 18.7 Å². The smallest absolute Gasteiger partial charge is 0.256 e. The Labute approximate surface area is 166 Å². The number of aromatic nitrogens is 3. The molecule has 0 saturated heterocycles. The minimum absolute atomic E-state index is 0.00800. The predicted molar refractivity (Wildman–Crippen MR) is 103 cm³/mol. The first-order valence-corrected chi connectivity index (χ1v) is 9.44. The minimum Gasteiger partial charge on any atom is -0.490 e. The number of nitrogens with one attached hydrogen (secondary N) is 1. The van der Waals surface area contributed by atoms with E-state index in [0.29, 0.717) is 35.6 Å². The molecule has 3 heterocycles. The Hall–Kier alpha value is -3.23. The van der Waals surface area contributed by atoms with Crippen molar-refractivity contribution in [2.45, 2.75) is 32.9 Å². The van der Waals surface area contributed by atoms with Crippen molar-refractivity contribution in [3.05, 3.63) is 53.4 Å². The Kier molecular flexibility index (Phi) is 5.04. The summed E-state index contributed by atoms with van der Waals surface area (Å²) in [5.41, 5.74) is 1.07. The van der Waals surface area contributed by atoms with Gasteiger partial charge < -0.3 is 15.0 Å². The van der Waals surface area contributed by atoms with Crippen molar-refractivity contribution >= 4 is 17.4 Å². The van der Waals surface area contributed by atoms with Crippen molar-refractivity contribution in [2.75, 3.05) is 18.1 Å². The van der Waals surface area contributed by atoms with Gasteiger partial charge in [-0.05, 0) is 32.4 Å². The normalized spacial score (nSPS) is 15.2. The van der Waals surface area contributed by atoms with E-state index in [-0.39, 0.29) is 30.9 Å². The van der Waals surface area contributed by atoms with Crippen LogP contribution in [0, 0.1) is 11.6 Å². The Morgan fingerprint density at radius 2 is 2.07 bits per heavy atom. The standard InChI is InChI=1S/C20H21F2N5O2/c1-12(2)26-11-13-8-17(16(22)9-15(13)21)29-7-3-5-23-20(28)14-10-24-27-6-4-18(26)25-19(14)27/h4,6,8-10,12H,3,5,7,11H2,1-2H3,(H,23,28). The highest BCUT2D eigenvalue weighted by Gasteiger charge is 2.21. The maximum Gasteiger partial charge on any atom is 0.256 e. The molecule has 0 atom stereocenters. The first-order valence-electron chi connectivity index (χ1n) is 9.44. The van der Waals surface area contributed by atoms with E-state index in [4.69, 9.17) is 4.74 Å². The number of hydrogen-bond donors (Lipinski definition) is 1. The van der Waals surface area contributed by atoms with Gasteiger partial charge in [0.15, 0.2) is 17.2 Å². The first kappa shape index (κ1) is 19.1. The molecule has 0 fully saturated rings. The summed E-state index contributed by atoms with van der Waals surface area (Å²) in [5.74, 6) is -1.14. The number of amides is 1. The molecule has 0 radical (unpaired) electrons. The van der Waals surface area contributed by atoms with Gasteiger partial charge in [-0.15, -0.1) is 0 Å². The van der Waals surface area contributed by atoms with Crippen LogP contribution < -0.4 is 15.0 Å². The molecule has 2 aromatic heterocycles. The van der Waals surface area contributed by atoms with Crippen molar-refractivity contribution in [1.29, 1.82) is 0 Å². The van der Waals surface area contributed by atoms with Crippen LogP contribution in [-0.4, -0.2) is 39.7 Å². The third-order valence-electron chi connectivity index (χ3n) is 4.82. The van der Waals surface area contributed by atoms with E-state index >= 15 is 0 Å². The number of carbonyl (C=O) groups excluding carboxylic acids is 1. The number of rotatable bonds is 1. The lowest BCUT2D eigenvalue weighted by atomic mass is 10.1. The third-order valence-corrected chi connectivity index (χ3v) is 4.82. The summed E-state index contributed by atoms with van der Waals surface area (Å²) in [6, 6.07) is 3.95. The molecule has 9 heteroatoms. The Morgan fingerprint density at radius 1 is 1.24 bits per heavy atom. The zero-order valence-corrected chi connectivity index (χ0v) is 16.2. The summed E-state index contributed by atoms with van der Waals surface area (Å²) < 4.78 is 35.6. The highest BCUT2D eigenvalue weighted by molar-refractivity contribution is 5.99. The van der Waals surface area contributed by atoms with Crippen LogP contribution in [0.3, 0.4) is 0 Å². The molecule has 1 N–H and O–H groups in total. The molecule has 1 aliphatic rings. The number of halogens is 2. The molecule has 1 aromatic carbocycles. The maximum absolute atomic E-state index is 14.5. The minimum atomic E-state index is -0.752. The van der Waals surface area contributed by atoms with Crippen LogP contribution in [0.2, 0.25) is 0 Å². The third kappa shape index (κ3) is 3.72. The number of carbonyl (C=O) groups is 1. The first-order chi connectivity index (χ1) is 13.9. The molecule has 0 spiro atoms. The average Bonchev–Trinajstić information content (AvgIpc) is 3.10. The van der Waals surface area contributed by atoms with E-state index in [1.54, 1.807) is 12.3 Å². The number of fused-ring (bicyclic) bond motifs is 3. The van der Waals surface area contributed by atoms with Gasteiger partial charge in [0, 0.05) is 37.0 Å². The molecule has 0 unspecified atom stereocenters. The summed E-state index contributed by atoms with van der Waals surface area (Å²) in [6.07, 6.45) is 3.64.